The summed E-state index contributed by atoms with van der Waals surface area (Å²) in [4.78, 5) is 26.7. The van der Waals surface area contributed by atoms with Crippen molar-refractivity contribution >= 4 is 18.0 Å². The second-order valence-electron chi connectivity index (χ2n) is 5.55. The maximum Gasteiger partial charge on any atom is 0.340 e. The highest BCUT2D eigenvalue weighted by Gasteiger charge is 2.36. The van der Waals surface area contributed by atoms with E-state index in [-0.39, 0.29) is 11.5 Å². The van der Waals surface area contributed by atoms with E-state index in [0.29, 0.717) is 34.9 Å². The number of para-hydroxylation sites is 1. The lowest BCUT2D eigenvalue weighted by atomic mass is 10.0. The minimum Gasteiger partial charge on any atom is -0.493 e. The molecule has 134 valence electrons. The maximum atomic E-state index is 12.8. The van der Waals surface area contributed by atoms with Crippen LogP contribution in [-0.2, 0) is 14.3 Å². The summed E-state index contributed by atoms with van der Waals surface area (Å²) in [7, 11) is 4.38. The van der Waals surface area contributed by atoms with Gasteiger partial charge in [0.15, 0.2) is 11.5 Å². The maximum absolute atomic E-state index is 12.8. The van der Waals surface area contributed by atoms with E-state index < -0.39 is 5.97 Å². The van der Waals surface area contributed by atoms with Crippen LogP contribution >= 0.6 is 0 Å². The molecule has 0 radical (unpaired) electrons. The van der Waals surface area contributed by atoms with Crippen LogP contribution < -0.4 is 9.47 Å². The van der Waals surface area contributed by atoms with E-state index in [1.54, 1.807) is 43.2 Å². The highest BCUT2D eigenvalue weighted by molar-refractivity contribution is 6.16. The summed E-state index contributed by atoms with van der Waals surface area (Å²) < 4.78 is 15.6. The molecule has 1 heterocycles. The number of benzene rings is 1. The Hall–Kier alpha value is -2.76. The number of esters is 1. The molecule has 0 unspecified atom stereocenters. The van der Waals surface area contributed by atoms with Crippen molar-refractivity contribution in [3.63, 3.8) is 0 Å². The van der Waals surface area contributed by atoms with Crippen molar-refractivity contribution in [2.75, 3.05) is 27.9 Å². The summed E-state index contributed by atoms with van der Waals surface area (Å²) in [6.45, 7) is 4.27. The smallest absolute Gasteiger partial charge is 0.340 e. The molecule has 2 rings (SSSR count). The molecule has 25 heavy (non-hydrogen) atoms. The predicted molar refractivity (Wildman–Crippen MR) is 94.2 cm³/mol. The standard InChI is InChI=1S/C19H23NO5/c1-6-10-20-12(2)16(19(22)25-5)14(18(20)21)11-13-8-7-9-15(23-3)17(13)24-4/h7-9,11H,6,10H2,1-5H3/b14-11-. The average molecular weight is 345 g/mol. The first-order valence-corrected chi connectivity index (χ1v) is 8.04. The van der Waals surface area contributed by atoms with Crippen molar-refractivity contribution in [2.45, 2.75) is 20.3 Å². The predicted octanol–water partition coefficient (Wildman–Crippen LogP) is 2.79. The molecule has 1 aromatic rings. The Morgan fingerprint density at radius 1 is 1.20 bits per heavy atom. The quantitative estimate of drug-likeness (QED) is 0.586. The zero-order valence-corrected chi connectivity index (χ0v) is 15.2. The van der Waals surface area contributed by atoms with Gasteiger partial charge in [-0.05, 0) is 25.5 Å². The van der Waals surface area contributed by atoms with Gasteiger partial charge in [0.2, 0.25) is 0 Å². The first-order valence-electron chi connectivity index (χ1n) is 8.04. The fourth-order valence-electron chi connectivity index (χ4n) is 2.90. The monoisotopic (exact) mass is 345 g/mol. The molecule has 0 aromatic heterocycles. The van der Waals surface area contributed by atoms with Gasteiger partial charge in [-0.2, -0.15) is 0 Å². The van der Waals surface area contributed by atoms with Crippen LogP contribution in [0, 0.1) is 0 Å². The zero-order chi connectivity index (χ0) is 18.6. The van der Waals surface area contributed by atoms with E-state index in [1.807, 2.05) is 6.92 Å². The number of allylic oxidation sites excluding steroid dienone is 1. The van der Waals surface area contributed by atoms with Crippen molar-refractivity contribution in [3.05, 3.63) is 40.6 Å². The van der Waals surface area contributed by atoms with E-state index in [9.17, 15) is 9.59 Å². The van der Waals surface area contributed by atoms with Crippen LogP contribution in [0.25, 0.3) is 6.08 Å². The molecule has 6 nitrogen and oxygen atoms in total. The molecular weight excluding hydrogens is 322 g/mol. The van der Waals surface area contributed by atoms with Crippen molar-refractivity contribution in [2.24, 2.45) is 0 Å². The molecule has 1 amide bonds. The lowest BCUT2D eigenvalue weighted by Gasteiger charge is -2.16. The van der Waals surface area contributed by atoms with Crippen LogP contribution in [0.3, 0.4) is 0 Å². The van der Waals surface area contributed by atoms with Crippen LogP contribution in [-0.4, -0.2) is 44.7 Å². The summed E-state index contributed by atoms with van der Waals surface area (Å²) >= 11 is 0. The first kappa shape index (κ1) is 18.6. The van der Waals surface area contributed by atoms with Crippen LogP contribution in [0.15, 0.2) is 35.0 Å². The second-order valence-corrected chi connectivity index (χ2v) is 5.55. The van der Waals surface area contributed by atoms with Gasteiger partial charge in [-0.15, -0.1) is 0 Å². The van der Waals surface area contributed by atoms with E-state index in [1.165, 1.54) is 14.2 Å². The lowest BCUT2D eigenvalue weighted by Crippen LogP contribution is -2.25. The number of rotatable bonds is 6. The average Bonchev–Trinajstić information content (AvgIpc) is 2.85. The minimum absolute atomic E-state index is 0.218. The number of ether oxygens (including phenoxy) is 3. The zero-order valence-electron chi connectivity index (χ0n) is 15.2. The van der Waals surface area contributed by atoms with Crippen molar-refractivity contribution in [1.82, 2.24) is 4.90 Å². The number of nitrogens with zero attached hydrogens (tertiary/aromatic N) is 1. The molecule has 0 spiro atoms. The number of hydrogen-bond acceptors (Lipinski definition) is 5. The molecule has 0 aliphatic carbocycles. The van der Waals surface area contributed by atoms with Crippen molar-refractivity contribution < 1.29 is 23.8 Å². The third-order valence-corrected chi connectivity index (χ3v) is 4.08. The summed E-state index contributed by atoms with van der Waals surface area (Å²) in [6.07, 6.45) is 2.43. The van der Waals surface area contributed by atoms with E-state index in [4.69, 9.17) is 14.2 Å². The summed E-state index contributed by atoms with van der Waals surface area (Å²) in [6, 6.07) is 5.36. The third-order valence-electron chi connectivity index (χ3n) is 4.08. The fraction of sp³-hybridized carbons (Fsp3) is 0.368. The molecule has 0 saturated carbocycles. The molecule has 1 aliphatic rings. The normalized spacial score (nSPS) is 15.8. The van der Waals surface area contributed by atoms with Gasteiger partial charge >= 0.3 is 5.97 Å². The van der Waals surface area contributed by atoms with E-state index in [0.717, 1.165) is 6.42 Å². The van der Waals surface area contributed by atoms with Gasteiger partial charge < -0.3 is 19.1 Å². The molecule has 0 bridgehead atoms. The fourth-order valence-corrected chi connectivity index (χ4v) is 2.90. The topological polar surface area (TPSA) is 65.1 Å². The van der Waals surface area contributed by atoms with Gasteiger partial charge in [0.1, 0.15) is 0 Å². The SMILES string of the molecule is CCCN1C(=O)/C(=C\c2cccc(OC)c2OC)C(C(=O)OC)=C1C. The molecule has 0 atom stereocenters. The Kier molecular flexibility index (Phi) is 5.85. The Labute approximate surface area is 147 Å². The Balaban J connectivity index is 2.62. The molecule has 1 aromatic carbocycles. The van der Waals surface area contributed by atoms with Crippen LogP contribution in [0.5, 0.6) is 11.5 Å². The summed E-state index contributed by atoms with van der Waals surface area (Å²) in [5.41, 5.74) is 1.83. The minimum atomic E-state index is -0.530. The second kappa shape index (κ2) is 7.88. The van der Waals surface area contributed by atoms with Gasteiger partial charge in [-0.3, -0.25) is 4.79 Å². The summed E-state index contributed by atoms with van der Waals surface area (Å²) in [5.74, 6) is 0.302. The number of carbonyl (C=O) groups is 2. The molecule has 0 fully saturated rings. The van der Waals surface area contributed by atoms with Crippen LogP contribution in [0.4, 0.5) is 0 Å². The van der Waals surface area contributed by atoms with Gasteiger partial charge in [-0.25, -0.2) is 4.79 Å². The molecule has 0 N–H and O–H groups in total. The Bertz CT molecular complexity index is 748. The largest absolute Gasteiger partial charge is 0.493 e. The van der Waals surface area contributed by atoms with E-state index >= 15 is 0 Å². The van der Waals surface area contributed by atoms with Crippen LogP contribution in [0.2, 0.25) is 0 Å². The van der Waals surface area contributed by atoms with Gasteiger partial charge in [0.25, 0.3) is 5.91 Å². The van der Waals surface area contributed by atoms with Crippen molar-refractivity contribution in [3.8, 4) is 11.5 Å². The first-order chi connectivity index (χ1) is 12.0. The number of hydrogen-bond donors (Lipinski definition) is 0. The summed E-state index contributed by atoms with van der Waals surface area (Å²) in [5, 5.41) is 0. The third kappa shape index (κ3) is 3.38. The van der Waals surface area contributed by atoms with Crippen LogP contribution in [0.1, 0.15) is 25.8 Å². The van der Waals surface area contributed by atoms with E-state index in [2.05, 4.69) is 0 Å². The lowest BCUT2D eigenvalue weighted by molar-refractivity contribution is -0.136. The number of carbonyl (C=O) groups excluding carboxylic acids is 2. The molecule has 6 heteroatoms. The number of amides is 1. The Morgan fingerprint density at radius 2 is 1.92 bits per heavy atom. The van der Waals surface area contributed by atoms with Gasteiger partial charge in [0, 0.05) is 17.8 Å². The van der Waals surface area contributed by atoms with Crippen molar-refractivity contribution in [1.29, 1.82) is 0 Å². The van der Waals surface area contributed by atoms with Gasteiger partial charge in [0.05, 0.1) is 32.5 Å². The Morgan fingerprint density at radius 3 is 2.48 bits per heavy atom. The molecular formula is C19H23NO5. The highest BCUT2D eigenvalue weighted by Crippen LogP contribution is 2.36. The number of methoxy groups -OCH3 is 3. The molecule has 0 saturated heterocycles. The highest BCUT2D eigenvalue weighted by atomic mass is 16.5. The van der Waals surface area contributed by atoms with Gasteiger partial charge in [-0.1, -0.05) is 19.1 Å². The molecule has 1 aliphatic heterocycles.